The third-order valence-electron chi connectivity index (χ3n) is 5.83. The molecule has 2 N–H and O–H groups in total. The molecule has 8 heteroatoms. The minimum absolute atomic E-state index is 0.0265. The van der Waals surface area contributed by atoms with Crippen LogP contribution in [0.2, 0.25) is 5.02 Å². The number of rotatable bonds is 9. The number of hydrogen-bond acceptors (Lipinski definition) is 4. The molecule has 0 bridgehead atoms. The molecule has 0 radical (unpaired) electrons. The third kappa shape index (κ3) is 7.48. The molecule has 182 valence electrons. The molecule has 1 aliphatic rings. The summed E-state index contributed by atoms with van der Waals surface area (Å²) in [4.78, 5) is 42.1. The zero-order valence-electron chi connectivity index (χ0n) is 19.8. The number of carbonyl (C=O) groups excluding carboxylic acids is 3. The van der Waals surface area contributed by atoms with E-state index in [-0.39, 0.29) is 36.6 Å². The average molecular weight is 485 g/mol. The van der Waals surface area contributed by atoms with Crippen LogP contribution in [-0.4, -0.2) is 61.4 Å². The van der Waals surface area contributed by atoms with Crippen molar-refractivity contribution in [2.45, 2.75) is 32.7 Å². The number of anilines is 1. The Morgan fingerprint density at radius 1 is 0.941 bits per heavy atom. The lowest BCUT2D eigenvalue weighted by molar-refractivity contribution is -0.131. The zero-order valence-corrected chi connectivity index (χ0v) is 20.6. The zero-order chi connectivity index (χ0) is 24.5. The van der Waals surface area contributed by atoms with Crippen LogP contribution in [0.25, 0.3) is 0 Å². The summed E-state index contributed by atoms with van der Waals surface area (Å²) in [7, 11) is 0. The molecule has 1 fully saturated rings. The van der Waals surface area contributed by atoms with Crippen LogP contribution in [0, 0.1) is 5.92 Å². The third-order valence-corrected chi connectivity index (χ3v) is 6.08. The van der Waals surface area contributed by atoms with Gasteiger partial charge in [-0.3, -0.25) is 14.4 Å². The van der Waals surface area contributed by atoms with Gasteiger partial charge in [-0.25, -0.2) is 0 Å². The summed E-state index contributed by atoms with van der Waals surface area (Å²) in [6.07, 6.45) is 0.733. The fourth-order valence-corrected chi connectivity index (χ4v) is 4.10. The van der Waals surface area contributed by atoms with Crippen molar-refractivity contribution in [3.05, 3.63) is 65.2 Å². The fourth-order valence-electron chi connectivity index (χ4n) is 3.97. The predicted octanol–water partition coefficient (Wildman–Crippen LogP) is 3.34. The van der Waals surface area contributed by atoms with Crippen LogP contribution in [-0.2, 0) is 9.59 Å². The number of nitrogens with one attached hydrogen (secondary N) is 2. The molecule has 1 heterocycles. The number of piperazine rings is 1. The van der Waals surface area contributed by atoms with E-state index >= 15 is 0 Å². The van der Waals surface area contributed by atoms with Gasteiger partial charge in [-0.2, -0.15) is 0 Å². The van der Waals surface area contributed by atoms with Gasteiger partial charge in [-0.05, 0) is 48.7 Å². The molecule has 0 spiro atoms. The van der Waals surface area contributed by atoms with Crippen molar-refractivity contribution in [2.75, 3.05) is 37.6 Å². The number of halogens is 1. The minimum atomic E-state index is -0.673. The molecule has 1 atom stereocenters. The number of carbonyl (C=O) groups is 3. The molecule has 0 aliphatic carbocycles. The Morgan fingerprint density at radius 2 is 1.59 bits per heavy atom. The Bertz CT molecular complexity index is 958. The molecule has 2 aromatic carbocycles. The SMILES string of the molecule is CC(C)CC(NC(=O)c1ccc(Cl)cc1)C(=O)NCCC(=O)N1CCN(c2ccccc2)CC1. The fraction of sp³-hybridized carbons (Fsp3) is 0.423. The van der Waals surface area contributed by atoms with Crippen molar-refractivity contribution in [1.29, 1.82) is 0 Å². The lowest BCUT2D eigenvalue weighted by Crippen LogP contribution is -2.50. The van der Waals surface area contributed by atoms with Crippen LogP contribution < -0.4 is 15.5 Å². The molecular weight excluding hydrogens is 452 g/mol. The van der Waals surface area contributed by atoms with Gasteiger partial charge >= 0.3 is 0 Å². The number of benzene rings is 2. The molecular formula is C26H33ClN4O3. The molecule has 1 aliphatic heterocycles. The first-order valence-electron chi connectivity index (χ1n) is 11.8. The highest BCUT2D eigenvalue weighted by Gasteiger charge is 2.24. The number of nitrogens with zero attached hydrogens (tertiary/aromatic N) is 2. The summed E-state index contributed by atoms with van der Waals surface area (Å²) in [5, 5.41) is 6.18. The highest BCUT2D eigenvalue weighted by Crippen LogP contribution is 2.16. The van der Waals surface area contributed by atoms with Gasteiger partial charge in [0.15, 0.2) is 0 Å². The first kappa shape index (κ1) is 25.6. The van der Waals surface area contributed by atoms with E-state index in [1.807, 2.05) is 36.9 Å². The van der Waals surface area contributed by atoms with Gasteiger partial charge < -0.3 is 20.4 Å². The maximum absolute atomic E-state index is 12.8. The topological polar surface area (TPSA) is 81.8 Å². The summed E-state index contributed by atoms with van der Waals surface area (Å²) in [5.41, 5.74) is 1.61. The van der Waals surface area contributed by atoms with Crippen LogP contribution in [0.5, 0.6) is 0 Å². The molecule has 0 aromatic heterocycles. The molecule has 3 amide bonds. The maximum atomic E-state index is 12.8. The molecule has 7 nitrogen and oxygen atoms in total. The Hall–Kier alpha value is -3.06. The smallest absolute Gasteiger partial charge is 0.251 e. The van der Waals surface area contributed by atoms with E-state index in [9.17, 15) is 14.4 Å². The van der Waals surface area contributed by atoms with E-state index in [4.69, 9.17) is 11.6 Å². The van der Waals surface area contributed by atoms with Gasteiger partial charge in [0.2, 0.25) is 11.8 Å². The van der Waals surface area contributed by atoms with E-state index in [0.717, 1.165) is 13.1 Å². The lowest BCUT2D eigenvalue weighted by atomic mass is 10.0. The second-order valence-corrected chi connectivity index (χ2v) is 9.34. The van der Waals surface area contributed by atoms with Gasteiger partial charge in [0.1, 0.15) is 6.04 Å². The Morgan fingerprint density at radius 3 is 2.21 bits per heavy atom. The normalized spacial score (nSPS) is 14.6. The molecule has 0 saturated carbocycles. The summed E-state index contributed by atoms with van der Waals surface area (Å²) in [6.45, 7) is 7.12. The summed E-state index contributed by atoms with van der Waals surface area (Å²) in [6, 6.07) is 16.0. The lowest BCUT2D eigenvalue weighted by Gasteiger charge is -2.36. The first-order valence-corrected chi connectivity index (χ1v) is 12.1. The van der Waals surface area contributed by atoms with Crippen molar-refractivity contribution < 1.29 is 14.4 Å². The van der Waals surface area contributed by atoms with Crippen LogP contribution in [0.1, 0.15) is 37.0 Å². The summed E-state index contributed by atoms with van der Waals surface area (Å²) < 4.78 is 0. The monoisotopic (exact) mass is 484 g/mol. The van der Waals surface area contributed by atoms with Gasteiger partial charge in [-0.1, -0.05) is 43.6 Å². The van der Waals surface area contributed by atoms with Crippen molar-refractivity contribution >= 4 is 35.0 Å². The Kier molecular flexibility index (Phi) is 9.33. The maximum Gasteiger partial charge on any atom is 0.251 e. The van der Waals surface area contributed by atoms with E-state index in [1.165, 1.54) is 5.69 Å². The van der Waals surface area contributed by atoms with Crippen molar-refractivity contribution in [3.8, 4) is 0 Å². The molecule has 2 aromatic rings. The highest BCUT2D eigenvalue weighted by molar-refractivity contribution is 6.30. The van der Waals surface area contributed by atoms with Crippen LogP contribution in [0.15, 0.2) is 54.6 Å². The highest BCUT2D eigenvalue weighted by atomic mass is 35.5. The van der Waals surface area contributed by atoms with E-state index in [1.54, 1.807) is 24.3 Å². The number of para-hydroxylation sites is 1. The van der Waals surface area contributed by atoms with Crippen molar-refractivity contribution in [1.82, 2.24) is 15.5 Å². The number of amides is 3. The minimum Gasteiger partial charge on any atom is -0.368 e. The molecule has 3 rings (SSSR count). The van der Waals surface area contributed by atoms with Crippen molar-refractivity contribution in [2.24, 2.45) is 5.92 Å². The molecule has 1 saturated heterocycles. The number of hydrogen-bond donors (Lipinski definition) is 2. The Labute approximate surface area is 206 Å². The van der Waals surface area contributed by atoms with E-state index in [2.05, 4.69) is 27.7 Å². The standard InChI is InChI=1S/C26H33ClN4O3/c1-19(2)18-23(29-25(33)20-8-10-21(27)11-9-20)26(34)28-13-12-24(32)31-16-14-30(15-17-31)22-6-4-3-5-7-22/h3-11,19,23H,12-18H2,1-2H3,(H,28,34)(H,29,33). The van der Waals surface area contributed by atoms with E-state index < -0.39 is 6.04 Å². The van der Waals surface area contributed by atoms with Gasteiger partial charge in [0, 0.05) is 55.4 Å². The average Bonchev–Trinajstić information content (AvgIpc) is 2.84. The quantitative estimate of drug-likeness (QED) is 0.572. The Balaban J connectivity index is 1.45. The van der Waals surface area contributed by atoms with Crippen LogP contribution in [0.3, 0.4) is 0 Å². The largest absolute Gasteiger partial charge is 0.368 e. The summed E-state index contributed by atoms with van der Waals surface area (Å²) >= 11 is 5.89. The molecule has 1 unspecified atom stereocenters. The van der Waals surface area contributed by atoms with E-state index in [0.29, 0.717) is 30.1 Å². The van der Waals surface area contributed by atoms with Crippen LogP contribution in [0.4, 0.5) is 5.69 Å². The predicted molar refractivity (Wildman–Crippen MR) is 135 cm³/mol. The van der Waals surface area contributed by atoms with Gasteiger partial charge in [0.05, 0.1) is 0 Å². The first-order chi connectivity index (χ1) is 16.3. The summed E-state index contributed by atoms with van der Waals surface area (Å²) in [5.74, 6) is -0.370. The second kappa shape index (κ2) is 12.4. The second-order valence-electron chi connectivity index (χ2n) is 8.91. The van der Waals surface area contributed by atoms with Gasteiger partial charge in [-0.15, -0.1) is 0 Å². The van der Waals surface area contributed by atoms with Crippen LogP contribution >= 0.6 is 11.6 Å². The van der Waals surface area contributed by atoms with Crippen molar-refractivity contribution in [3.63, 3.8) is 0 Å². The molecule has 34 heavy (non-hydrogen) atoms. The van der Waals surface area contributed by atoms with Gasteiger partial charge in [0.25, 0.3) is 5.91 Å².